The molecule has 1 saturated heterocycles. The number of benzene rings is 2. The molecule has 2 heterocycles. The van der Waals surface area contributed by atoms with E-state index in [2.05, 4.69) is 5.32 Å². The molecule has 2 aliphatic rings. The molecule has 0 atom stereocenters. The maximum Gasteiger partial charge on any atom is 0.410 e. The summed E-state index contributed by atoms with van der Waals surface area (Å²) in [5, 5.41) is 3.15. The first kappa shape index (κ1) is 28.2. The lowest BCUT2D eigenvalue weighted by molar-refractivity contribution is -0.134. The number of carbonyl (C=O) groups excluding carboxylic acids is 3. The van der Waals surface area contributed by atoms with Crippen molar-refractivity contribution in [2.75, 3.05) is 39.2 Å². The minimum absolute atomic E-state index is 0.224. The standard InChI is InChI=1S/C28H33ClN4O6/c1-27(2,3)39-26(36)32-14-12-28(13-15-32)31-24(18-6-9-20(37-4)10-7-18)25(35)33(28)17-23(34)30-19-8-11-22(38-5)21(29)16-19/h6-11,16H,12-15,17H2,1-5H3,(H,30,34). The number of likely N-dealkylation sites (tertiary alicyclic amines) is 1. The van der Waals surface area contributed by atoms with Crippen LogP contribution in [0.25, 0.3) is 0 Å². The van der Waals surface area contributed by atoms with E-state index in [4.69, 9.17) is 30.8 Å². The van der Waals surface area contributed by atoms with Crippen molar-refractivity contribution in [1.82, 2.24) is 9.80 Å². The maximum absolute atomic E-state index is 13.7. The number of amides is 3. The van der Waals surface area contributed by atoms with Gasteiger partial charge in [-0.05, 0) is 63.2 Å². The average molecular weight is 557 g/mol. The van der Waals surface area contributed by atoms with Crippen LogP contribution in [0.3, 0.4) is 0 Å². The lowest BCUT2D eigenvalue weighted by atomic mass is 9.96. The second kappa shape index (κ2) is 11.1. The molecule has 0 radical (unpaired) electrons. The first-order chi connectivity index (χ1) is 18.4. The topological polar surface area (TPSA) is 110 Å². The molecule has 0 aliphatic carbocycles. The number of hydrogen-bond acceptors (Lipinski definition) is 7. The Balaban J connectivity index is 1.57. The Bertz CT molecular complexity index is 1280. The van der Waals surface area contributed by atoms with E-state index in [0.717, 1.165) is 0 Å². The van der Waals surface area contributed by atoms with Crippen LogP contribution >= 0.6 is 11.6 Å². The molecule has 2 aliphatic heterocycles. The van der Waals surface area contributed by atoms with Crippen LogP contribution in [0.15, 0.2) is 47.5 Å². The maximum atomic E-state index is 13.7. The van der Waals surface area contributed by atoms with Gasteiger partial charge in [0.2, 0.25) is 5.91 Å². The lowest BCUT2D eigenvalue weighted by Crippen LogP contribution is -2.56. The molecule has 1 spiro atoms. The van der Waals surface area contributed by atoms with E-state index in [9.17, 15) is 14.4 Å². The van der Waals surface area contributed by atoms with Crippen LogP contribution in [-0.4, -0.2) is 78.5 Å². The van der Waals surface area contributed by atoms with E-state index < -0.39 is 23.3 Å². The molecule has 2 aromatic carbocycles. The van der Waals surface area contributed by atoms with Gasteiger partial charge < -0.3 is 29.3 Å². The highest BCUT2D eigenvalue weighted by Crippen LogP contribution is 2.37. The van der Waals surface area contributed by atoms with Crippen LogP contribution in [0.2, 0.25) is 5.02 Å². The summed E-state index contributed by atoms with van der Waals surface area (Å²) in [6.07, 6.45) is 0.306. The predicted octanol–water partition coefficient (Wildman–Crippen LogP) is 4.35. The van der Waals surface area contributed by atoms with Crippen LogP contribution in [0, 0.1) is 0 Å². The number of piperidine rings is 1. The molecular formula is C28H33ClN4O6. The summed E-state index contributed by atoms with van der Waals surface area (Å²) in [7, 11) is 3.07. The van der Waals surface area contributed by atoms with Gasteiger partial charge in [0.1, 0.15) is 35.0 Å². The lowest BCUT2D eigenvalue weighted by Gasteiger charge is -2.42. The van der Waals surface area contributed by atoms with Gasteiger partial charge >= 0.3 is 6.09 Å². The summed E-state index contributed by atoms with van der Waals surface area (Å²) in [6, 6.07) is 11.9. The zero-order valence-corrected chi connectivity index (χ0v) is 23.5. The van der Waals surface area contributed by atoms with Crippen molar-refractivity contribution in [2.45, 2.75) is 44.9 Å². The monoisotopic (exact) mass is 556 g/mol. The highest BCUT2D eigenvalue weighted by molar-refractivity contribution is 6.47. The van der Waals surface area contributed by atoms with Crippen LogP contribution in [0.1, 0.15) is 39.2 Å². The molecule has 3 amide bonds. The number of methoxy groups -OCH3 is 2. The largest absolute Gasteiger partial charge is 0.497 e. The summed E-state index contributed by atoms with van der Waals surface area (Å²) in [5.74, 6) is 0.385. The van der Waals surface area contributed by atoms with Crippen LogP contribution in [-0.2, 0) is 14.3 Å². The SMILES string of the molecule is COc1ccc(C2=NC3(CCN(C(=O)OC(C)(C)C)CC3)N(CC(=O)Nc3ccc(OC)c(Cl)c3)C2=O)cc1. The van der Waals surface area contributed by atoms with Gasteiger partial charge in [-0.2, -0.15) is 0 Å². The van der Waals surface area contributed by atoms with Gasteiger partial charge in [0.15, 0.2) is 0 Å². The van der Waals surface area contributed by atoms with E-state index in [0.29, 0.717) is 53.7 Å². The van der Waals surface area contributed by atoms with Crippen molar-refractivity contribution in [2.24, 2.45) is 4.99 Å². The first-order valence-corrected chi connectivity index (χ1v) is 13.0. The Kier molecular flexibility index (Phi) is 8.06. The van der Waals surface area contributed by atoms with Crippen molar-refractivity contribution in [3.05, 3.63) is 53.1 Å². The number of anilines is 1. The van der Waals surface area contributed by atoms with Crippen molar-refractivity contribution in [3.63, 3.8) is 0 Å². The van der Waals surface area contributed by atoms with Gasteiger partial charge in [-0.1, -0.05) is 11.6 Å². The summed E-state index contributed by atoms with van der Waals surface area (Å²) in [6.45, 7) is 5.87. The molecule has 2 aromatic rings. The Labute approximate surface area is 232 Å². The summed E-state index contributed by atoms with van der Waals surface area (Å²) >= 11 is 6.20. The number of rotatable bonds is 6. The summed E-state index contributed by atoms with van der Waals surface area (Å²) in [5.41, 5.74) is -0.227. The zero-order valence-electron chi connectivity index (χ0n) is 22.7. The average Bonchev–Trinajstić information content (AvgIpc) is 3.14. The first-order valence-electron chi connectivity index (χ1n) is 12.6. The molecule has 0 bridgehead atoms. The van der Waals surface area contributed by atoms with E-state index in [-0.39, 0.29) is 18.2 Å². The minimum Gasteiger partial charge on any atom is -0.497 e. The number of halogens is 1. The highest BCUT2D eigenvalue weighted by Gasteiger charge is 2.50. The number of nitrogens with zero attached hydrogens (tertiary/aromatic N) is 3. The van der Waals surface area contributed by atoms with E-state index in [1.54, 1.807) is 54.5 Å². The van der Waals surface area contributed by atoms with Crippen LogP contribution in [0.4, 0.5) is 10.5 Å². The Hall–Kier alpha value is -3.79. The number of aliphatic imine (C=N–C) groups is 1. The molecule has 4 rings (SSSR count). The summed E-state index contributed by atoms with van der Waals surface area (Å²) in [4.78, 5) is 47.5. The molecule has 0 aromatic heterocycles. The fourth-order valence-corrected chi connectivity index (χ4v) is 4.89. The molecule has 1 N–H and O–H groups in total. The molecule has 0 saturated carbocycles. The Morgan fingerprint density at radius 1 is 1.05 bits per heavy atom. The third-order valence-electron chi connectivity index (χ3n) is 6.59. The second-order valence-electron chi connectivity index (χ2n) is 10.4. The van der Waals surface area contributed by atoms with Gasteiger partial charge in [-0.15, -0.1) is 0 Å². The van der Waals surface area contributed by atoms with Gasteiger partial charge in [0.05, 0.1) is 19.2 Å². The molecule has 1 fully saturated rings. The molecule has 208 valence electrons. The highest BCUT2D eigenvalue weighted by atomic mass is 35.5. The van der Waals surface area contributed by atoms with Crippen molar-refractivity contribution >= 4 is 40.9 Å². The second-order valence-corrected chi connectivity index (χ2v) is 10.8. The fraction of sp³-hybridized carbons (Fsp3) is 0.429. The number of hydrogen-bond donors (Lipinski definition) is 1. The Morgan fingerprint density at radius 3 is 2.28 bits per heavy atom. The van der Waals surface area contributed by atoms with Crippen LogP contribution in [0.5, 0.6) is 11.5 Å². The van der Waals surface area contributed by atoms with Crippen LogP contribution < -0.4 is 14.8 Å². The molecule has 11 heteroatoms. The molecule has 0 unspecified atom stereocenters. The van der Waals surface area contributed by atoms with Crippen molar-refractivity contribution < 1.29 is 28.6 Å². The molecule has 39 heavy (non-hydrogen) atoms. The van der Waals surface area contributed by atoms with Gasteiger partial charge in [0.25, 0.3) is 5.91 Å². The molecular weight excluding hydrogens is 524 g/mol. The zero-order chi connectivity index (χ0) is 28.4. The fourth-order valence-electron chi connectivity index (χ4n) is 4.63. The number of ether oxygens (including phenoxy) is 3. The minimum atomic E-state index is -0.972. The Morgan fingerprint density at radius 2 is 1.72 bits per heavy atom. The predicted molar refractivity (Wildman–Crippen MR) is 148 cm³/mol. The quantitative estimate of drug-likeness (QED) is 0.566. The van der Waals surface area contributed by atoms with Crippen molar-refractivity contribution in [3.8, 4) is 11.5 Å². The van der Waals surface area contributed by atoms with Gasteiger partial charge in [0, 0.05) is 37.2 Å². The van der Waals surface area contributed by atoms with Gasteiger partial charge in [-0.25, -0.2) is 4.79 Å². The number of nitrogens with one attached hydrogen (secondary N) is 1. The van der Waals surface area contributed by atoms with E-state index in [1.807, 2.05) is 20.8 Å². The number of carbonyl (C=O) groups is 3. The molecule has 10 nitrogen and oxygen atoms in total. The third-order valence-corrected chi connectivity index (χ3v) is 6.88. The third kappa shape index (κ3) is 6.27. The normalized spacial score (nSPS) is 16.7. The van der Waals surface area contributed by atoms with Crippen molar-refractivity contribution in [1.29, 1.82) is 0 Å². The van der Waals surface area contributed by atoms with E-state index >= 15 is 0 Å². The summed E-state index contributed by atoms with van der Waals surface area (Å²) < 4.78 is 15.9. The van der Waals surface area contributed by atoms with E-state index in [1.165, 1.54) is 12.0 Å². The smallest absolute Gasteiger partial charge is 0.410 e. The van der Waals surface area contributed by atoms with Gasteiger partial charge in [-0.3, -0.25) is 14.6 Å².